The Hall–Kier alpha value is -1.55. The first-order valence-corrected chi connectivity index (χ1v) is 6.76. The first-order chi connectivity index (χ1) is 8.45. The lowest BCUT2D eigenvalue weighted by atomic mass is 9.98. The normalized spacial score (nSPS) is 11.5. The van der Waals surface area contributed by atoms with E-state index in [1.807, 2.05) is 29.6 Å². The molecular weight excluding hydrogens is 244 g/mol. The summed E-state index contributed by atoms with van der Waals surface area (Å²) in [5.41, 5.74) is 7.47. The van der Waals surface area contributed by atoms with Gasteiger partial charge in [-0.05, 0) is 12.1 Å². The molecule has 1 aromatic heterocycles. The Morgan fingerprint density at radius 3 is 2.72 bits per heavy atom. The van der Waals surface area contributed by atoms with Crippen LogP contribution in [0.3, 0.4) is 0 Å². The summed E-state index contributed by atoms with van der Waals surface area (Å²) in [6.07, 6.45) is 0. The van der Waals surface area contributed by atoms with E-state index in [0.717, 1.165) is 16.5 Å². The summed E-state index contributed by atoms with van der Waals surface area (Å²) in [6, 6.07) is 7.43. The minimum absolute atomic E-state index is 0.0973. The molecule has 0 bridgehead atoms. The van der Waals surface area contributed by atoms with Crippen LogP contribution < -0.4 is 10.5 Å². The van der Waals surface area contributed by atoms with Gasteiger partial charge < -0.3 is 10.5 Å². The molecule has 0 amide bonds. The highest BCUT2D eigenvalue weighted by atomic mass is 32.1. The summed E-state index contributed by atoms with van der Waals surface area (Å²) < 4.78 is 5.66. The van der Waals surface area contributed by atoms with Crippen LogP contribution in [0.15, 0.2) is 29.6 Å². The van der Waals surface area contributed by atoms with Crippen LogP contribution in [0.1, 0.15) is 31.5 Å². The monoisotopic (exact) mass is 262 g/mol. The number of hydrogen-bond acceptors (Lipinski definition) is 4. The van der Waals surface area contributed by atoms with Crippen molar-refractivity contribution in [3.63, 3.8) is 0 Å². The average Bonchev–Trinajstić information content (AvgIpc) is 2.74. The van der Waals surface area contributed by atoms with Crippen molar-refractivity contribution in [2.24, 2.45) is 0 Å². The minimum Gasteiger partial charge on any atom is -0.487 e. The van der Waals surface area contributed by atoms with Crippen molar-refractivity contribution in [2.45, 2.75) is 32.8 Å². The summed E-state index contributed by atoms with van der Waals surface area (Å²) in [4.78, 5) is 4.58. The fourth-order valence-corrected chi connectivity index (χ4v) is 2.37. The van der Waals surface area contributed by atoms with Gasteiger partial charge >= 0.3 is 0 Å². The van der Waals surface area contributed by atoms with Crippen molar-refractivity contribution >= 4 is 17.0 Å². The molecule has 0 spiro atoms. The van der Waals surface area contributed by atoms with Crippen LogP contribution >= 0.6 is 11.3 Å². The van der Waals surface area contributed by atoms with Crippen molar-refractivity contribution < 1.29 is 4.74 Å². The Kier molecular flexibility index (Phi) is 3.57. The first-order valence-electron chi connectivity index (χ1n) is 5.88. The van der Waals surface area contributed by atoms with Gasteiger partial charge in [0.1, 0.15) is 12.4 Å². The molecule has 3 nitrogen and oxygen atoms in total. The van der Waals surface area contributed by atoms with E-state index in [-0.39, 0.29) is 5.41 Å². The van der Waals surface area contributed by atoms with E-state index in [4.69, 9.17) is 10.5 Å². The molecule has 1 heterocycles. The molecule has 0 aliphatic rings. The largest absolute Gasteiger partial charge is 0.487 e. The Bertz CT molecular complexity index is 529. The molecule has 0 radical (unpaired) electrons. The van der Waals surface area contributed by atoms with Crippen LogP contribution in [0.2, 0.25) is 0 Å². The number of anilines is 1. The second kappa shape index (κ2) is 4.98. The van der Waals surface area contributed by atoms with Crippen LogP contribution in [0.4, 0.5) is 5.69 Å². The number of aromatic nitrogens is 1. The smallest absolute Gasteiger partial charge is 0.131 e. The maximum atomic E-state index is 5.70. The summed E-state index contributed by atoms with van der Waals surface area (Å²) >= 11 is 1.68. The zero-order valence-electron chi connectivity index (χ0n) is 10.9. The third-order valence-electron chi connectivity index (χ3n) is 2.44. The third kappa shape index (κ3) is 3.23. The zero-order chi connectivity index (χ0) is 13.2. The maximum absolute atomic E-state index is 5.70. The lowest BCUT2D eigenvalue weighted by molar-refractivity contribution is 0.301. The number of nitrogens with two attached hydrogens (primary N) is 1. The molecule has 0 saturated heterocycles. The van der Waals surface area contributed by atoms with E-state index in [9.17, 15) is 0 Å². The van der Waals surface area contributed by atoms with Crippen molar-refractivity contribution in [3.8, 4) is 5.75 Å². The number of nitrogens with zero attached hydrogens (tertiary/aromatic N) is 1. The Labute approximate surface area is 112 Å². The van der Waals surface area contributed by atoms with Gasteiger partial charge in [0.2, 0.25) is 0 Å². The van der Waals surface area contributed by atoms with Crippen molar-refractivity contribution in [1.29, 1.82) is 0 Å². The highest BCUT2D eigenvalue weighted by Gasteiger charge is 2.17. The predicted octanol–water partition coefficient (Wildman–Crippen LogP) is 3.60. The molecule has 96 valence electrons. The molecule has 2 N–H and O–H groups in total. The fraction of sp³-hybridized carbons (Fsp3) is 0.357. The number of hydrogen-bond donors (Lipinski definition) is 1. The molecule has 0 aliphatic carbocycles. The first kappa shape index (κ1) is 12.9. The van der Waals surface area contributed by atoms with Gasteiger partial charge in [-0.25, -0.2) is 4.98 Å². The molecule has 0 atom stereocenters. The third-order valence-corrected chi connectivity index (χ3v) is 3.75. The Balaban J connectivity index is 2.01. The second-order valence-corrected chi connectivity index (χ2v) is 6.11. The van der Waals surface area contributed by atoms with Gasteiger partial charge in [0, 0.05) is 22.5 Å². The molecule has 2 aromatic rings. The Morgan fingerprint density at radius 2 is 2.11 bits per heavy atom. The summed E-state index contributed by atoms with van der Waals surface area (Å²) in [5, 5.41) is 3.18. The van der Waals surface area contributed by atoms with E-state index < -0.39 is 0 Å². The molecule has 0 aliphatic heterocycles. The van der Waals surface area contributed by atoms with Crippen molar-refractivity contribution in [2.75, 3.05) is 5.73 Å². The molecule has 2 rings (SSSR count). The number of ether oxygens (including phenoxy) is 1. The van der Waals surface area contributed by atoms with Gasteiger partial charge in [-0.1, -0.05) is 26.8 Å². The fourth-order valence-electron chi connectivity index (χ4n) is 1.48. The summed E-state index contributed by atoms with van der Waals surface area (Å²) in [6.45, 7) is 6.97. The lowest BCUT2D eigenvalue weighted by Gasteiger charge is -2.13. The van der Waals surface area contributed by atoms with E-state index in [2.05, 4.69) is 25.8 Å². The lowest BCUT2D eigenvalue weighted by Crippen LogP contribution is -2.10. The van der Waals surface area contributed by atoms with Gasteiger partial charge in [-0.15, -0.1) is 11.3 Å². The van der Waals surface area contributed by atoms with Gasteiger partial charge in [-0.2, -0.15) is 0 Å². The van der Waals surface area contributed by atoms with Gasteiger partial charge in [0.25, 0.3) is 0 Å². The molecule has 18 heavy (non-hydrogen) atoms. The van der Waals surface area contributed by atoms with E-state index in [0.29, 0.717) is 12.3 Å². The summed E-state index contributed by atoms with van der Waals surface area (Å²) in [5.74, 6) is 0.778. The SMILES string of the molecule is CC(C)(C)c1nc(COc2cccc(N)c2)cs1. The predicted molar refractivity (Wildman–Crippen MR) is 76.0 cm³/mol. The molecular formula is C14H18N2OS. The second-order valence-electron chi connectivity index (χ2n) is 5.26. The quantitative estimate of drug-likeness (QED) is 0.860. The molecule has 0 unspecified atom stereocenters. The van der Waals surface area contributed by atoms with Crippen LogP contribution in [0, 0.1) is 0 Å². The highest BCUT2D eigenvalue weighted by Crippen LogP contribution is 2.26. The van der Waals surface area contributed by atoms with E-state index in [1.54, 1.807) is 11.3 Å². The van der Waals surface area contributed by atoms with E-state index >= 15 is 0 Å². The molecule has 0 saturated carbocycles. The van der Waals surface area contributed by atoms with Crippen molar-refractivity contribution in [1.82, 2.24) is 4.98 Å². The van der Waals surface area contributed by atoms with Crippen molar-refractivity contribution in [3.05, 3.63) is 40.3 Å². The minimum atomic E-state index is 0.0973. The van der Waals surface area contributed by atoms with Gasteiger partial charge in [0.15, 0.2) is 0 Å². The topological polar surface area (TPSA) is 48.1 Å². The van der Waals surface area contributed by atoms with Crippen LogP contribution in [0.5, 0.6) is 5.75 Å². The zero-order valence-corrected chi connectivity index (χ0v) is 11.8. The van der Waals surface area contributed by atoms with Crippen LogP contribution in [0.25, 0.3) is 0 Å². The summed E-state index contributed by atoms with van der Waals surface area (Å²) in [7, 11) is 0. The van der Waals surface area contributed by atoms with Crippen LogP contribution in [-0.4, -0.2) is 4.98 Å². The van der Waals surface area contributed by atoms with Gasteiger partial charge in [-0.3, -0.25) is 0 Å². The standard InChI is InChI=1S/C14H18N2OS/c1-14(2,3)13-16-11(9-18-13)8-17-12-6-4-5-10(15)7-12/h4-7,9H,8,15H2,1-3H3. The highest BCUT2D eigenvalue weighted by molar-refractivity contribution is 7.09. The number of benzene rings is 1. The Morgan fingerprint density at radius 1 is 1.33 bits per heavy atom. The van der Waals surface area contributed by atoms with Crippen LogP contribution in [-0.2, 0) is 12.0 Å². The number of nitrogen functional groups attached to an aromatic ring is 1. The molecule has 4 heteroatoms. The molecule has 1 aromatic carbocycles. The van der Waals surface area contributed by atoms with Gasteiger partial charge in [0.05, 0.1) is 10.7 Å². The number of thiazole rings is 1. The maximum Gasteiger partial charge on any atom is 0.131 e. The number of rotatable bonds is 3. The molecule has 0 fully saturated rings. The average molecular weight is 262 g/mol. The van der Waals surface area contributed by atoms with E-state index in [1.165, 1.54) is 0 Å².